The van der Waals surface area contributed by atoms with Gasteiger partial charge in [0, 0.05) is 50.3 Å². The number of ether oxygens (including phenoxy) is 1. The molecule has 0 aliphatic carbocycles. The molecular formula is C21H29N5O3. The van der Waals surface area contributed by atoms with E-state index in [1.165, 1.54) is 0 Å². The first-order valence-corrected chi connectivity index (χ1v) is 10.4. The van der Waals surface area contributed by atoms with Crippen LogP contribution in [0.15, 0.2) is 16.8 Å². The highest BCUT2D eigenvalue weighted by Gasteiger charge is 2.30. The van der Waals surface area contributed by atoms with Crippen LogP contribution in [0.5, 0.6) is 0 Å². The lowest BCUT2D eigenvalue weighted by Crippen LogP contribution is -2.41. The van der Waals surface area contributed by atoms with Crippen LogP contribution in [0.25, 0.3) is 11.3 Å². The van der Waals surface area contributed by atoms with Gasteiger partial charge in [-0.1, -0.05) is 19.0 Å². The quantitative estimate of drug-likeness (QED) is 0.781. The summed E-state index contributed by atoms with van der Waals surface area (Å²) in [5.41, 5.74) is 2.63. The van der Waals surface area contributed by atoms with Crippen molar-refractivity contribution in [3.63, 3.8) is 0 Å². The number of likely N-dealkylation sites (tertiary alicyclic amines) is 1. The van der Waals surface area contributed by atoms with E-state index in [2.05, 4.69) is 15.0 Å². The Morgan fingerprint density at radius 3 is 2.72 bits per heavy atom. The molecule has 1 atom stereocenters. The van der Waals surface area contributed by atoms with E-state index in [0.29, 0.717) is 25.5 Å². The predicted octanol–water partition coefficient (Wildman–Crippen LogP) is 2.64. The number of carbonyl (C=O) groups is 1. The molecule has 8 heteroatoms. The Hall–Kier alpha value is -2.48. The van der Waals surface area contributed by atoms with Crippen molar-refractivity contribution in [2.24, 2.45) is 5.92 Å². The number of morpholine rings is 1. The lowest BCUT2D eigenvalue weighted by molar-refractivity contribution is -0.135. The number of piperidine rings is 1. The van der Waals surface area contributed by atoms with Crippen LogP contribution in [0.4, 0.5) is 5.95 Å². The Kier molecular flexibility index (Phi) is 5.80. The molecule has 2 aromatic heterocycles. The van der Waals surface area contributed by atoms with Crippen molar-refractivity contribution < 1.29 is 14.1 Å². The Balaban J connectivity index is 1.69. The summed E-state index contributed by atoms with van der Waals surface area (Å²) in [5.74, 6) is 1.75. The normalized spacial score (nSPS) is 20.3. The van der Waals surface area contributed by atoms with E-state index in [9.17, 15) is 4.79 Å². The molecule has 8 nitrogen and oxygen atoms in total. The number of nitrogens with zero attached hydrogens (tertiary/aromatic N) is 5. The molecule has 1 amide bonds. The maximum atomic E-state index is 12.6. The van der Waals surface area contributed by atoms with Gasteiger partial charge in [-0.3, -0.25) is 4.79 Å². The molecule has 2 aliphatic heterocycles. The second-order valence-corrected chi connectivity index (χ2v) is 8.18. The number of hydrogen-bond donors (Lipinski definition) is 0. The molecule has 0 N–H and O–H groups in total. The average Bonchev–Trinajstić information content (AvgIpc) is 3.19. The molecule has 2 saturated heterocycles. The molecule has 2 fully saturated rings. The fraction of sp³-hybridized carbons (Fsp3) is 0.619. The first-order valence-electron chi connectivity index (χ1n) is 10.4. The molecule has 0 saturated carbocycles. The maximum Gasteiger partial charge on any atom is 0.225 e. The molecule has 156 valence electrons. The third-order valence-corrected chi connectivity index (χ3v) is 5.61. The zero-order valence-corrected chi connectivity index (χ0v) is 17.4. The Morgan fingerprint density at radius 1 is 1.24 bits per heavy atom. The zero-order chi connectivity index (χ0) is 20.4. The Bertz CT molecular complexity index is 860. The van der Waals surface area contributed by atoms with Crippen LogP contribution in [0, 0.1) is 12.8 Å². The van der Waals surface area contributed by atoms with Crippen molar-refractivity contribution in [3.8, 4) is 11.3 Å². The van der Waals surface area contributed by atoms with Gasteiger partial charge in [0.15, 0.2) is 5.76 Å². The van der Waals surface area contributed by atoms with E-state index in [0.717, 1.165) is 55.4 Å². The summed E-state index contributed by atoms with van der Waals surface area (Å²) in [6.07, 6.45) is 3.80. The molecule has 0 spiro atoms. The first kappa shape index (κ1) is 19.8. The van der Waals surface area contributed by atoms with E-state index < -0.39 is 0 Å². The van der Waals surface area contributed by atoms with Crippen molar-refractivity contribution in [1.82, 2.24) is 20.0 Å². The van der Waals surface area contributed by atoms with Crippen LogP contribution in [-0.2, 0) is 9.53 Å². The van der Waals surface area contributed by atoms with E-state index in [4.69, 9.17) is 14.2 Å². The van der Waals surface area contributed by atoms with Gasteiger partial charge >= 0.3 is 0 Å². The molecular weight excluding hydrogens is 370 g/mol. The number of aryl methyl sites for hydroxylation is 1. The van der Waals surface area contributed by atoms with Crippen LogP contribution in [-0.4, -0.2) is 65.3 Å². The molecule has 4 heterocycles. The molecule has 4 rings (SSSR count). The number of anilines is 1. The number of hydrogen-bond acceptors (Lipinski definition) is 7. The summed E-state index contributed by atoms with van der Waals surface area (Å²) in [6, 6.07) is 1.91. The summed E-state index contributed by atoms with van der Waals surface area (Å²) >= 11 is 0. The molecule has 0 radical (unpaired) electrons. The fourth-order valence-electron chi connectivity index (χ4n) is 4.06. The second kappa shape index (κ2) is 8.49. The third kappa shape index (κ3) is 4.27. The number of amides is 1. The molecule has 1 unspecified atom stereocenters. The van der Waals surface area contributed by atoms with Crippen LogP contribution >= 0.6 is 0 Å². The van der Waals surface area contributed by atoms with E-state index in [1.54, 1.807) is 0 Å². The van der Waals surface area contributed by atoms with E-state index in [1.807, 2.05) is 37.9 Å². The van der Waals surface area contributed by atoms with Crippen LogP contribution < -0.4 is 4.90 Å². The minimum atomic E-state index is -0.000506. The van der Waals surface area contributed by atoms with Crippen molar-refractivity contribution in [3.05, 3.63) is 23.7 Å². The maximum absolute atomic E-state index is 12.6. The third-order valence-electron chi connectivity index (χ3n) is 5.61. The number of aromatic nitrogens is 3. The van der Waals surface area contributed by atoms with Crippen LogP contribution in [0.1, 0.15) is 44.0 Å². The summed E-state index contributed by atoms with van der Waals surface area (Å²) in [4.78, 5) is 26.3. The zero-order valence-electron chi connectivity index (χ0n) is 17.4. The second-order valence-electron chi connectivity index (χ2n) is 8.18. The summed E-state index contributed by atoms with van der Waals surface area (Å²) in [5, 5.41) is 4.04. The van der Waals surface area contributed by atoms with Crippen LogP contribution in [0.2, 0.25) is 0 Å². The van der Waals surface area contributed by atoms with Gasteiger partial charge in [0.25, 0.3) is 0 Å². The topological polar surface area (TPSA) is 84.6 Å². The van der Waals surface area contributed by atoms with Crippen molar-refractivity contribution >= 4 is 11.9 Å². The average molecular weight is 399 g/mol. The van der Waals surface area contributed by atoms with Gasteiger partial charge in [-0.15, -0.1) is 0 Å². The van der Waals surface area contributed by atoms with Gasteiger partial charge in [-0.2, -0.15) is 0 Å². The number of rotatable bonds is 4. The van der Waals surface area contributed by atoms with Crippen molar-refractivity contribution in [2.75, 3.05) is 44.3 Å². The fourth-order valence-corrected chi connectivity index (χ4v) is 4.06. The smallest absolute Gasteiger partial charge is 0.225 e. The standard InChI is InChI=1S/C21H29N5O3/c1-14(2)20(27)26-6-4-5-16(13-26)19-17(18-11-15(3)24-29-18)12-22-21(23-19)25-7-9-28-10-8-25/h11-12,14,16H,4-10,13H2,1-3H3. The number of carbonyl (C=O) groups excluding carboxylic acids is 1. The summed E-state index contributed by atoms with van der Waals surface area (Å²) in [7, 11) is 0. The summed E-state index contributed by atoms with van der Waals surface area (Å²) < 4.78 is 11.0. The van der Waals surface area contributed by atoms with Gasteiger partial charge in [-0.25, -0.2) is 9.97 Å². The lowest BCUT2D eigenvalue weighted by Gasteiger charge is -2.34. The Morgan fingerprint density at radius 2 is 2.03 bits per heavy atom. The highest BCUT2D eigenvalue weighted by molar-refractivity contribution is 5.78. The largest absolute Gasteiger partial charge is 0.378 e. The Labute approximate surface area is 171 Å². The van der Waals surface area contributed by atoms with Gasteiger partial charge < -0.3 is 19.1 Å². The molecule has 2 aromatic rings. The van der Waals surface area contributed by atoms with Crippen molar-refractivity contribution in [2.45, 2.75) is 39.5 Å². The minimum Gasteiger partial charge on any atom is -0.378 e. The lowest BCUT2D eigenvalue weighted by atomic mass is 9.90. The molecule has 0 aromatic carbocycles. The van der Waals surface area contributed by atoms with Gasteiger partial charge in [0.05, 0.1) is 30.2 Å². The van der Waals surface area contributed by atoms with Gasteiger partial charge in [0.2, 0.25) is 11.9 Å². The van der Waals surface area contributed by atoms with Crippen LogP contribution in [0.3, 0.4) is 0 Å². The molecule has 0 bridgehead atoms. The van der Waals surface area contributed by atoms with Gasteiger partial charge in [-0.05, 0) is 19.8 Å². The minimum absolute atomic E-state index is 0.000506. The van der Waals surface area contributed by atoms with Crippen molar-refractivity contribution in [1.29, 1.82) is 0 Å². The molecule has 2 aliphatic rings. The van der Waals surface area contributed by atoms with E-state index in [-0.39, 0.29) is 17.7 Å². The first-order chi connectivity index (χ1) is 14.0. The van der Waals surface area contributed by atoms with E-state index >= 15 is 0 Å². The predicted molar refractivity (Wildman–Crippen MR) is 109 cm³/mol. The summed E-state index contributed by atoms with van der Waals surface area (Å²) in [6.45, 7) is 10.2. The highest BCUT2D eigenvalue weighted by Crippen LogP contribution is 2.34. The highest BCUT2D eigenvalue weighted by atomic mass is 16.5. The van der Waals surface area contributed by atoms with Gasteiger partial charge in [0.1, 0.15) is 0 Å². The SMILES string of the molecule is Cc1cc(-c2cnc(N3CCOCC3)nc2C2CCCN(C(=O)C(C)C)C2)on1. The molecule has 29 heavy (non-hydrogen) atoms. The monoisotopic (exact) mass is 399 g/mol.